The molecule has 0 aliphatic heterocycles. The minimum absolute atomic E-state index is 0.0564. The molecule has 114 valence electrons. The van der Waals surface area contributed by atoms with Gasteiger partial charge in [0.15, 0.2) is 5.92 Å². The summed E-state index contributed by atoms with van der Waals surface area (Å²) in [7, 11) is 1.34. The molecule has 0 heterocycles. The number of rotatable bonds is 7. The fourth-order valence-corrected chi connectivity index (χ4v) is 1.73. The van der Waals surface area contributed by atoms with Crippen LogP contribution in [-0.2, 0) is 20.7 Å². The molecular weight excluding hydrogens is 282 g/mol. The molecule has 0 aliphatic rings. The number of esters is 1. The second kappa shape index (κ2) is 7.22. The van der Waals surface area contributed by atoms with Crippen molar-refractivity contribution in [1.82, 2.24) is 0 Å². The Labute approximate surface area is 120 Å². The zero-order valence-corrected chi connectivity index (χ0v) is 11.6. The van der Waals surface area contributed by atoms with E-state index in [1.165, 1.54) is 25.3 Å². The van der Waals surface area contributed by atoms with E-state index in [4.69, 9.17) is 9.84 Å². The van der Waals surface area contributed by atoms with E-state index in [0.717, 1.165) is 0 Å². The molecule has 1 aromatic rings. The molecule has 0 fully saturated rings. The monoisotopic (exact) mass is 297 g/mol. The van der Waals surface area contributed by atoms with E-state index in [-0.39, 0.29) is 24.5 Å². The maximum atomic E-state index is 11.6. The molecule has 0 bridgehead atoms. The highest BCUT2D eigenvalue weighted by Crippen LogP contribution is 2.24. The topological polar surface area (TPSA) is 116 Å². The average Bonchev–Trinajstić information content (AvgIpc) is 2.44. The number of nitro benzene ring substituents is 1. The smallest absolute Gasteiger partial charge is 0.320 e. The maximum absolute atomic E-state index is 11.6. The number of methoxy groups -OCH3 is 1. The Hall–Kier alpha value is -2.64. The van der Waals surface area contributed by atoms with Crippen LogP contribution in [0.5, 0.6) is 5.75 Å². The van der Waals surface area contributed by atoms with Gasteiger partial charge in [-0.3, -0.25) is 19.7 Å². The van der Waals surface area contributed by atoms with Crippen molar-refractivity contribution in [2.45, 2.75) is 13.3 Å². The molecule has 1 atom stereocenters. The van der Waals surface area contributed by atoms with Crippen LogP contribution in [0.25, 0.3) is 0 Å². The van der Waals surface area contributed by atoms with Crippen LogP contribution in [0.4, 0.5) is 5.69 Å². The maximum Gasteiger partial charge on any atom is 0.320 e. The van der Waals surface area contributed by atoms with E-state index < -0.39 is 22.8 Å². The lowest BCUT2D eigenvalue weighted by Gasteiger charge is -2.12. The lowest BCUT2D eigenvalue weighted by Crippen LogP contribution is -2.28. The van der Waals surface area contributed by atoms with E-state index in [1.807, 2.05) is 0 Å². The molecule has 8 nitrogen and oxygen atoms in total. The van der Waals surface area contributed by atoms with Crippen molar-refractivity contribution in [3.05, 3.63) is 33.9 Å². The van der Waals surface area contributed by atoms with Crippen LogP contribution >= 0.6 is 0 Å². The Morgan fingerprint density at radius 3 is 2.52 bits per heavy atom. The van der Waals surface area contributed by atoms with Crippen LogP contribution in [0.2, 0.25) is 0 Å². The van der Waals surface area contributed by atoms with Crippen LogP contribution in [0.1, 0.15) is 12.5 Å². The van der Waals surface area contributed by atoms with Gasteiger partial charge in [-0.25, -0.2) is 0 Å². The van der Waals surface area contributed by atoms with Crippen LogP contribution in [0.15, 0.2) is 18.2 Å². The molecule has 1 rings (SSSR count). The number of benzene rings is 1. The molecule has 0 spiro atoms. The molecule has 0 aromatic heterocycles. The predicted molar refractivity (Wildman–Crippen MR) is 71.1 cm³/mol. The molecule has 21 heavy (non-hydrogen) atoms. The lowest BCUT2D eigenvalue weighted by atomic mass is 9.99. The Kier molecular flexibility index (Phi) is 5.65. The summed E-state index contributed by atoms with van der Waals surface area (Å²) < 4.78 is 9.61. The van der Waals surface area contributed by atoms with Crippen molar-refractivity contribution < 1.29 is 29.1 Å². The van der Waals surface area contributed by atoms with Crippen LogP contribution < -0.4 is 4.74 Å². The number of carbonyl (C=O) groups is 2. The fraction of sp³-hybridized carbons (Fsp3) is 0.385. The summed E-state index contributed by atoms with van der Waals surface area (Å²) in [6, 6.07) is 3.86. The average molecular weight is 297 g/mol. The van der Waals surface area contributed by atoms with E-state index in [9.17, 15) is 19.7 Å². The van der Waals surface area contributed by atoms with Crippen molar-refractivity contribution in [2.75, 3.05) is 13.7 Å². The molecule has 0 saturated carbocycles. The number of aliphatic carboxylic acids is 1. The van der Waals surface area contributed by atoms with Crippen LogP contribution in [-0.4, -0.2) is 35.7 Å². The summed E-state index contributed by atoms with van der Waals surface area (Å²) in [6.45, 7) is 1.62. The largest absolute Gasteiger partial charge is 0.496 e. The zero-order valence-electron chi connectivity index (χ0n) is 11.6. The van der Waals surface area contributed by atoms with Crippen molar-refractivity contribution in [3.63, 3.8) is 0 Å². The Morgan fingerprint density at radius 1 is 1.38 bits per heavy atom. The molecule has 1 unspecified atom stereocenters. The van der Waals surface area contributed by atoms with Gasteiger partial charge in [0.2, 0.25) is 0 Å². The second-order valence-electron chi connectivity index (χ2n) is 4.14. The summed E-state index contributed by atoms with van der Waals surface area (Å²) in [6.07, 6.45) is -0.216. The summed E-state index contributed by atoms with van der Waals surface area (Å²) in [5.41, 5.74) is 0.0684. The molecule has 8 heteroatoms. The van der Waals surface area contributed by atoms with Gasteiger partial charge in [0.1, 0.15) is 5.75 Å². The quantitative estimate of drug-likeness (QED) is 0.350. The van der Waals surface area contributed by atoms with Gasteiger partial charge in [-0.1, -0.05) is 0 Å². The molecule has 0 amide bonds. The van der Waals surface area contributed by atoms with Gasteiger partial charge in [0.05, 0.1) is 24.7 Å². The molecular formula is C13H15NO7. The van der Waals surface area contributed by atoms with E-state index in [0.29, 0.717) is 5.56 Å². The van der Waals surface area contributed by atoms with Crippen LogP contribution in [0, 0.1) is 16.0 Å². The Bertz CT molecular complexity index is 555. The number of hydrogen-bond acceptors (Lipinski definition) is 6. The summed E-state index contributed by atoms with van der Waals surface area (Å²) in [5.74, 6) is -3.43. The second-order valence-corrected chi connectivity index (χ2v) is 4.14. The summed E-state index contributed by atoms with van der Waals surface area (Å²) in [4.78, 5) is 32.9. The van der Waals surface area contributed by atoms with Gasteiger partial charge in [0, 0.05) is 6.07 Å². The first-order chi connectivity index (χ1) is 9.88. The van der Waals surface area contributed by atoms with Crippen LogP contribution in [0.3, 0.4) is 0 Å². The third kappa shape index (κ3) is 4.44. The third-order valence-corrected chi connectivity index (χ3v) is 2.71. The standard InChI is InChI=1S/C13H15NO7/c1-3-21-13(17)11(12(15)16)6-8-4-9(14(18)19)7-10(5-8)20-2/h4-5,7,11H,3,6H2,1-2H3,(H,15,16). The van der Waals surface area contributed by atoms with Gasteiger partial charge in [-0.05, 0) is 25.0 Å². The van der Waals surface area contributed by atoms with Gasteiger partial charge >= 0.3 is 11.9 Å². The molecule has 0 radical (unpaired) electrons. The highest BCUT2D eigenvalue weighted by atomic mass is 16.6. The Balaban J connectivity index is 3.08. The van der Waals surface area contributed by atoms with Crippen molar-refractivity contribution in [3.8, 4) is 5.75 Å². The summed E-state index contributed by atoms with van der Waals surface area (Å²) >= 11 is 0. The predicted octanol–water partition coefficient (Wildman–Crippen LogP) is 1.41. The first kappa shape index (κ1) is 16.4. The Morgan fingerprint density at radius 2 is 2.05 bits per heavy atom. The highest BCUT2D eigenvalue weighted by molar-refractivity contribution is 5.94. The van der Waals surface area contributed by atoms with Gasteiger partial charge in [-0.15, -0.1) is 0 Å². The number of hydrogen-bond donors (Lipinski definition) is 1. The summed E-state index contributed by atoms with van der Waals surface area (Å²) in [5, 5.41) is 19.9. The number of carboxylic acid groups (broad SMARTS) is 1. The first-order valence-electron chi connectivity index (χ1n) is 6.10. The number of carboxylic acids is 1. The zero-order chi connectivity index (χ0) is 16.0. The van der Waals surface area contributed by atoms with Gasteiger partial charge in [-0.2, -0.15) is 0 Å². The molecule has 0 saturated heterocycles. The fourth-order valence-electron chi connectivity index (χ4n) is 1.73. The number of ether oxygens (including phenoxy) is 2. The first-order valence-corrected chi connectivity index (χ1v) is 6.10. The van der Waals surface area contributed by atoms with Gasteiger partial charge in [0.25, 0.3) is 5.69 Å². The van der Waals surface area contributed by atoms with Crippen molar-refractivity contribution in [2.24, 2.45) is 5.92 Å². The number of nitrogens with zero attached hydrogens (tertiary/aromatic N) is 1. The third-order valence-electron chi connectivity index (χ3n) is 2.71. The van der Waals surface area contributed by atoms with E-state index in [2.05, 4.69) is 4.74 Å². The van der Waals surface area contributed by atoms with Gasteiger partial charge < -0.3 is 14.6 Å². The molecule has 1 aromatic carbocycles. The van der Waals surface area contributed by atoms with Crippen molar-refractivity contribution >= 4 is 17.6 Å². The molecule has 1 N–H and O–H groups in total. The lowest BCUT2D eigenvalue weighted by molar-refractivity contribution is -0.385. The minimum atomic E-state index is -1.42. The normalized spacial score (nSPS) is 11.5. The number of carbonyl (C=O) groups excluding carboxylic acids is 1. The SMILES string of the molecule is CCOC(=O)C(Cc1cc(OC)cc([N+](=O)[O-])c1)C(=O)O. The minimum Gasteiger partial charge on any atom is -0.496 e. The molecule has 0 aliphatic carbocycles. The van der Waals surface area contributed by atoms with Crippen molar-refractivity contribution in [1.29, 1.82) is 0 Å². The van der Waals surface area contributed by atoms with E-state index >= 15 is 0 Å². The number of nitro groups is 1. The van der Waals surface area contributed by atoms with E-state index in [1.54, 1.807) is 6.92 Å². The highest BCUT2D eigenvalue weighted by Gasteiger charge is 2.28. The number of non-ortho nitro benzene ring substituents is 1.